The summed E-state index contributed by atoms with van der Waals surface area (Å²) < 4.78 is 27.2. The SMILES string of the molecule is CC(C)[C@H](C)NC(=O)c1ccccc1S(=O)(=O)N(C)c1ccccc1. The number of carbonyl (C=O) groups excluding carboxylic acids is 1. The van der Waals surface area contributed by atoms with E-state index in [1.165, 1.54) is 23.5 Å². The summed E-state index contributed by atoms with van der Waals surface area (Å²) in [7, 11) is -2.37. The van der Waals surface area contributed by atoms with Crippen molar-refractivity contribution in [3.63, 3.8) is 0 Å². The maximum absolute atomic E-state index is 13.0. The summed E-state index contributed by atoms with van der Waals surface area (Å²) in [4.78, 5) is 12.6. The molecule has 6 heteroatoms. The molecule has 5 nitrogen and oxygen atoms in total. The van der Waals surface area contributed by atoms with Crippen LogP contribution in [0.1, 0.15) is 31.1 Å². The van der Waals surface area contributed by atoms with Crippen LogP contribution < -0.4 is 9.62 Å². The van der Waals surface area contributed by atoms with Gasteiger partial charge in [0, 0.05) is 13.1 Å². The molecule has 0 bridgehead atoms. The zero-order valence-corrected chi connectivity index (χ0v) is 15.7. The Hall–Kier alpha value is -2.34. The van der Waals surface area contributed by atoms with Crippen molar-refractivity contribution in [3.05, 3.63) is 60.2 Å². The van der Waals surface area contributed by atoms with Crippen LogP contribution in [0.25, 0.3) is 0 Å². The van der Waals surface area contributed by atoms with Crippen molar-refractivity contribution in [1.29, 1.82) is 0 Å². The summed E-state index contributed by atoms with van der Waals surface area (Å²) in [6.07, 6.45) is 0. The zero-order chi connectivity index (χ0) is 18.6. The highest BCUT2D eigenvalue weighted by atomic mass is 32.2. The molecule has 134 valence electrons. The normalized spacial score (nSPS) is 12.7. The van der Waals surface area contributed by atoms with Gasteiger partial charge in [0.2, 0.25) is 0 Å². The van der Waals surface area contributed by atoms with E-state index in [9.17, 15) is 13.2 Å². The van der Waals surface area contributed by atoms with E-state index < -0.39 is 10.0 Å². The van der Waals surface area contributed by atoms with Crippen molar-refractivity contribution in [1.82, 2.24) is 5.32 Å². The second kappa shape index (κ2) is 7.70. The molecule has 1 N–H and O–H groups in total. The molecule has 0 aliphatic heterocycles. The molecular formula is C19H24N2O3S. The van der Waals surface area contributed by atoms with Crippen LogP contribution in [0, 0.1) is 5.92 Å². The summed E-state index contributed by atoms with van der Waals surface area (Å²) >= 11 is 0. The van der Waals surface area contributed by atoms with E-state index in [1.807, 2.05) is 26.8 Å². The molecule has 0 unspecified atom stereocenters. The second-order valence-corrected chi connectivity index (χ2v) is 8.25. The number of nitrogens with zero attached hydrogens (tertiary/aromatic N) is 1. The number of anilines is 1. The third kappa shape index (κ3) is 4.20. The Bertz CT molecular complexity index is 833. The van der Waals surface area contributed by atoms with Gasteiger partial charge in [0.1, 0.15) is 4.90 Å². The Labute approximate surface area is 149 Å². The molecule has 0 heterocycles. The quantitative estimate of drug-likeness (QED) is 0.860. The van der Waals surface area contributed by atoms with Gasteiger partial charge in [-0.2, -0.15) is 0 Å². The fourth-order valence-electron chi connectivity index (χ4n) is 2.25. The van der Waals surface area contributed by atoms with E-state index in [0.717, 1.165) is 0 Å². The predicted molar refractivity (Wildman–Crippen MR) is 100 cm³/mol. The van der Waals surface area contributed by atoms with E-state index in [4.69, 9.17) is 0 Å². The molecule has 0 saturated carbocycles. The lowest BCUT2D eigenvalue weighted by Gasteiger charge is -2.22. The summed E-state index contributed by atoms with van der Waals surface area (Å²) in [6, 6.07) is 15.0. The van der Waals surface area contributed by atoms with Gasteiger partial charge in [-0.3, -0.25) is 9.10 Å². The molecule has 2 aromatic carbocycles. The van der Waals surface area contributed by atoms with E-state index in [-0.39, 0.29) is 28.3 Å². The highest BCUT2D eigenvalue weighted by Crippen LogP contribution is 2.24. The number of benzene rings is 2. The first kappa shape index (κ1) is 19.0. The van der Waals surface area contributed by atoms with Gasteiger partial charge >= 0.3 is 0 Å². The number of amides is 1. The second-order valence-electron chi connectivity index (χ2n) is 6.31. The Morgan fingerprint density at radius 1 is 0.960 bits per heavy atom. The van der Waals surface area contributed by atoms with Crippen LogP contribution in [0.2, 0.25) is 0 Å². The third-order valence-corrected chi connectivity index (χ3v) is 6.09. The maximum atomic E-state index is 13.0. The van der Waals surface area contributed by atoms with E-state index >= 15 is 0 Å². The van der Waals surface area contributed by atoms with Crippen LogP contribution in [-0.2, 0) is 10.0 Å². The molecule has 0 aliphatic carbocycles. The van der Waals surface area contributed by atoms with Gasteiger partial charge in [0.25, 0.3) is 15.9 Å². The first-order valence-corrected chi connectivity index (χ1v) is 9.63. The van der Waals surface area contributed by atoms with Crippen LogP contribution in [0.5, 0.6) is 0 Å². The molecule has 0 saturated heterocycles. The van der Waals surface area contributed by atoms with Gasteiger partial charge in [0.05, 0.1) is 11.3 Å². The summed E-state index contributed by atoms with van der Waals surface area (Å²) in [6.45, 7) is 5.89. The minimum absolute atomic E-state index is 0.00481. The molecule has 0 radical (unpaired) electrons. The van der Waals surface area contributed by atoms with Crippen molar-refractivity contribution in [2.24, 2.45) is 5.92 Å². The smallest absolute Gasteiger partial charge is 0.264 e. The molecule has 2 rings (SSSR count). The Morgan fingerprint density at radius 3 is 2.12 bits per heavy atom. The molecule has 0 aliphatic rings. The van der Waals surface area contributed by atoms with Gasteiger partial charge in [-0.25, -0.2) is 8.42 Å². The fraction of sp³-hybridized carbons (Fsp3) is 0.316. The highest BCUT2D eigenvalue weighted by Gasteiger charge is 2.27. The van der Waals surface area contributed by atoms with E-state index in [0.29, 0.717) is 5.69 Å². The van der Waals surface area contributed by atoms with E-state index in [1.54, 1.807) is 36.4 Å². The largest absolute Gasteiger partial charge is 0.349 e. The van der Waals surface area contributed by atoms with Crippen LogP contribution in [-0.4, -0.2) is 27.4 Å². The number of carbonyl (C=O) groups is 1. The predicted octanol–water partition coefficient (Wildman–Crippen LogP) is 3.29. The zero-order valence-electron chi connectivity index (χ0n) is 14.9. The van der Waals surface area contributed by atoms with Crippen molar-refractivity contribution < 1.29 is 13.2 Å². The maximum Gasteiger partial charge on any atom is 0.264 e. The van der Waals surface area contributed by atoms with Crippen molar-refractivity contribution in [3.8, 4) is 0 Å². The minimum Gasteiger partial charge on any atom is -0.349 e. The standard InChI is InChI=1S/C19H24N2O3S/c1-14(2)15(3)20-19(22)17-12-8-9-13-18(17)25(23,24)21(4)16-10-6-5-7-11-16/h5-15H,1-4H3,(H,20,22)/t15-/m0/s1. The lowest BCUT2D eigenvalue weighted by Crippen LogP contribution is -2.37. The van der Waals surface area contributed by atoms with Crippen LogP contribution >= 0.6 is 0 Å². The van der Waals surface area contributed by atoms with Crippen molar-refractivity contribution in [2.45, 2.75) is 31.7 Å². The number of hydrogen-bond acceptors (Lipinski definition) is 3. The topological polar surface area (TPSA) is 66.5 Å². The number of para-hydroxylation sites is 1. The van der Waals surface area contributed by atoms with Crippen LogP contribution in [0.15, 0.2) is 59.5 Å². The Morgan fingerprint density at radius 2 is 1.52 bits per heavy atom. The summed E-state index contributed by atoms with van der Waals surface area (Å²) in [5.41, 5.74) is 0.686. The molecular weight excluding hydrogens is 336 g/mol. The van der Waals surface area contributed by atoms with Gasteiger partial charge in [-0.15, -0.1) is 0 Å². The Balaban J connectivity index is 2.41. The molecule has 0 spiro atoms. The molecule has 2 aromatic rings. The van der Waals surface area contributed by atoms with Gasteiger partial charge in [0.15, 0.2) is 0 Å². The number of hydrogen-bond donors (Lipinski definition) is 1. The molecule has 1 atom stereocenters. The average Bonchev–Trinajstić information content (AvgIpc) is 2.61. The van der Waals surface area contributed by atoms with Crippen LogP contribution in [0.3, 0.4) is 0 Å². The van der Waals surface area contributed by atoms with Crippen molar-refractivity contribution in [2.75, 3.05) is 11.4 Å². The molecule has 0 fully saturated rings. The lowest BCUT2D eigenvalue weighted by molar-refractivity contribution is 0.0927. The fourth-order valence-corrected chi connectivity index (χ4v) is 3.64. The molecule has 0 aromatic heterocycles. The Kier molecular flexibility index (Phi) is 5.85. The molecule has 25 heavy (non-hydrogen) atoms. The summed E-state index contributed by atoms with van der Waals surface area (Å²) in [5, 5.41) is 2.86. The van der Waals surface area contributed by atoms with Gasteiger partial charge in [-0.05, 0) is 37.1 Å². The number of rotatable bonds is 6. The first-order valence-electron chi connectivity index (χ1n) is 8.19. The number of sulfonamides is 1. The first-order chi connectivity index (χ1) is 11.7. The average molecular weight is 360 g/mol. The monoisotopic (exact) mass is 360 g/mol. The van der Waals surface area contributed by atoms with Crippen LogP contribution in [0.4, 0.5) is 5.69 Å². The summed E-state index contributed by atoms with van der Waals surface area (Å²) in [5.74, 6) is -0.137. The lowest BCUT2D eigenvalue weighted by atomic mass is 10.1. The van der Waals surface area contributed by atoms with Gasteiger partial charge < -0.3 is 5.32 Å². The van der Waals surface area contributed by atoms with Gasteiger partial charge in [-0.1, -0.05) is 44.2 Å². The molecule has 1 amide bonds. The minimum atomic E-state index is -3.85. The highest BCUT2D eigenvalue weighted by molar-refractivity contribution is 7.92. The number of nitrogens with one attached hydrogen (secondary N) is 1. The van der Waals surface area contributed by atoms with Crippen molar-refractivity contribution >= 4 is 21.6 Å². The van der Waals surface area contributed by atoms with E-state index in [2.05, 4.69) is 5.32 Å². The third-order valence-electron chi connectivity index (χ3n) is 4.25.